The van der Waals surface area contributed by atoms with E-state index in [0.717, 1.165) is 0 Å². The summed E-state index contributed by atoms with van der Waals surface area (Å²) in [5.41, 5.74) is 6.28. The number of hydrogen-bond acceptors (Lipinski definition) is 3. The molecule has 1 aromatic carbocycles. The third kappa shape index (κ3) is 3.28. The number of rotatable bonds is 3. The second kappa shape index (κ2) is 5.23. The molecule has 0 saturated heterocycles. The molecule has 0 aliphatic carbocycles. The minimum Gasteiger partial charge on any atom is -0.469 e. The molecule has 0 bridgehead atoms. The van der Waals surface area contributed by atoms with Gasteiger partial charge >= 0.3 is 5.97 Å². The van der Waals surface area contributed by atoms with Crippen molar-refractivity contribution in [2.24, 2.45) is 5.73 Å². The van der Waals surface area contributed by atoms with Gasteiger partial charge in [0.1, 0.15) is 5.82 Å². The number of esters is 1. The summed E-state index contributed by atoms with van der Waals surface area (Å²) in [7, 11) is 1.29. The van der Waals surface area contributed by atoms with E-state index in [1.807, 2.05) is 0 Å². The monoisotopic (exact) mass is 275 g/mol. The fraction of sp³-hybridized carbons (Fsp3) is 0.300. The van der Waals surface area contributed by atoms with Crippen molar-refractivity contribution in [3.8, 4) is 0 Å². The number of ether oxygens (including phenoxy) is 1. The molecule has 1 aromatic rings. The fourth-order valence-corrected chi connectivity index (χ4v) is 1.37. The Balaban J connectivity index is 2.78. The van der Waals surface area contributed by atoms with Crippen LogP contribution < -0.4 is 5.73 Å². The van der Waals surface area contributed by atoms with E-state index in [2.05, 4.69) is 20.7 Å². The Kier molecular flexibility index (Phi) is 4.23. The summed E-state index contributed by atoms with van der Waals surface area (Å²) in [6.07, 6.45) is 0.0393. The van der Waals surface area contributed by atoms with E-state index in [1.165, 1.54) is 13.2 Å². The van der Waals surface area contributed by atoms with Gasteiger partial charge < -0.3 is 10.5 Å². The van der Waals surface area contributed by atoms with Gasteiger partial charge in [-0.3, -0.25) is 4.79 Å². The predicted octanol–water partition coefficient (Wildman–Crippen LogP) is 2.15. The van der Waals surface area contributed by atoms with Crippen LogP contribution in [0.15, 0.2) is 22.7 Å². The Labute approximate surface area is 95.5 Å². The van der Waals surface area contributed by atoms with Crippen LogP contribution in [0.1, 0.15) is 18.0 Å². The molecular weight excluding hydrogens is 265 g/mol. The van der Waals surface area contributed by atoms with Gasteiger partial charge in [0.25, 0.3) is 0 Å². The second-order valence-corrected chi connectivity index (χ2v) is 3.91. The number of carbonyl (C=O) groups excluding carboxylic acids is 1. The first-order chi connectivity index (χ1) is 7.04. The number of halogens is 2. The van der Waals surface area contributed by atoms with Crippen LogP contribution in [0.3, 0.4) is 0 Å². The van der Waals surface area contributed by atoms with Gasteiger partial charge in [-0.25, -0.2) is 4.39 Å². The molecule has 0 unspecified atom stereocenters. The lowest BCUT2D eigenvalue weighted by molar-refractivity contribution is -0.141. The Morgan fingerprint density at radius 2 is 2.33 bits per heavy atom. The lowest BCUT2D eigenvalue weighted by atomic mass is 10.1. The molecule has 0 amide bonds. The van der Waals surface area contributed by atoms with Crippen molar-refractivity contribution in [1.82, 2.24) is 0 Å². The third-order valence-electron chi connectivity index (χ3n) is 1.99. The molecule has 0 aromatic heterocycles. The van der Waals surface area contributed by atoms with Crippen LogP contribution in [0.4, 0.5) is 4.39 Å². The minimum absolute atomic E-state index is 0.0393. The fourth-order valence-electron chi connectivity index (χ4n) is 1.12. The van der Waals surface area contributed by atoms with Gasteiger partial charge in [-0.1, -0.05) is 6.07 Å². The highest BCUT2D eigenvalue weighted by atomic mass is 79.9. The Morgan fingerprint density at radius 1 is 1.67 bits per heavy atom. The topological polar surface area (TPSA) is 52.3 Å². The maximum Gasteiger partial charge on any atom is 0.307 e. The van der Waals surface area contributed by atoms with Crippen molar-refractivity contribution in [2.75, 3.05) is 7.11 Å². The summed E-state index contributed by atoms with van der Waals surface area (Å²) in [6.45, 7) is 0. The maximum absolute atomic E-state index is 13.1. The molecule has 0 aliphatic heterocycles. The zero-order valence-corrected chi connectivity index (χ0v) is 9.75. The molecular formula is C10H11BrFNO2. The first kappa shape index (κ1) is 12.1. The van der Waals surface area contributed by atoms with E-state index in [1.54, 1.807) is 12.1 Å². The Bertz CT molecular complexity index is 370. The van der Waals surface area contributed by atoms with E-state index in [9.17, 15) is 9.18 Å². The summed E-state index contributed by atoms with van der Waals surface area (Å²) < 4.78 is 18.0. The molecule has 0 heterocycles. The first-order valence-corrected chi connectivity index (χ1v) is 5.11. The molecule has 1 atom stereocenters. The van der Waals surface area contributed by atoms with Crippen LogP contribution in [0.2, 0.25) is 0 Å². The lowest BCUT2D eigenvalue weighted by Crippen LogP contribution is -2.16. The molecule has 0 fully saturated rings. The van der Waals surface area contributed by atoms with Crippen LogP contribution in [0, 0.1) is 5.82 Å². The summed E-state index contributed by atoms with van der Waals surface area (Å²) in [5, 5.41) is 0. The average molecular weight is 276 g/mol. The van der Waals surface area contributed by atoms with E-state index in [4.69, 9.17) is 5.73 Å². The summed E-state index contributed by atoms with van der Waals surface area (Å²) in [4.78, 5) is 10.9. The lowest BCUT2D eigenvalue weighted by Gasteiger charge is -2.10. The molecule has 5 heteroatoms. The van der Waals surface area contributed by atoms with Gasteiger partial charge in [0.2, 0.25) is 0 Å². The summed E-state index contributed by atoms with van der Waals surface area (Å²) >= 11 is 3.04. The van der Waals surface area contributed by atoms with Crippen molar-refractivity contribution in [3.63, 3.8) is 0 Å². The molecule has 1 rings (SSSR count). The maximum atomic E-state index is 13.1. The Morgan fingerprint density at radius 3 is 2.87 bits per heavy atom. The molecule has 0 aliphatic rings. The predicted molar refractivity (Wildman–Crippen MR) is 57.7 cm³/mol. The quantitative estimate of drug-likeness (QED) is 0.860. The van der Waals surface area contributed by atoms with Gasteiger partial charge in [0, 0.05) is 6.04 Å². The normalized spacial score (nSPS) is 12.3. The third-order valence-corrected chi connectivity index (χ3v) is 2.63. The van der Waals surface area contributed by atoms with Crippen LogP contribution in [0.25, 0.3) is 0 Å². The number of methoxy groups -OCH3 is 1. The molecule has 15 heavy (non-hydrogen) atoms. The molecule has 0 radical (unpaired) electrons. The number of carbonyl (C=O) groups is 1. The highest BCUT2D eigenvalue weighted by Crippen LogP contribution is 2.21. The number of hydrogen-bond donors (Lipinski definition) is 1. The van der Waals surface area contributed by atoms with Crippen LogP contribution in [-0.4, -0.2) is 13.1 Å². The highest BCUT2D eigenvalue weighted by molar-refractivity contribution is 9.10. The van der Waals surface area contributed by atoms with Crippen LogP contribution in [0.5, 0.6) is 0 Å². The largest absolute Gasteiger partial charge is 0.469 e. The molecule has 0 spiro atoms. The van der Waals surface area contributed by atoms with Gasteiger partial charge in [-0.05, 0) is 33.6 Å². The van der Waals surface area contributed by atoms with Gasteiger partial charge in [-0.15, -0.1) is 0 Å². The number of benzene rings is 1. The van der Waals surface area contributed by atoms with Crippen molar-refractivity contribution < 1.29 is 13.9 Å². The standard InChI is InChI=1S/C10H11BrFNO2/c1-15-10(14)5-9(13)6-2-3-7(11)8(12)4-6/h2-4,9H,5,13H2,1H3/t9-/m1/s1. The zero-order valence-electron chi connectivity index (χ0n) is 8.17. The first-order valence-electron chi connectivity index (χ1n) is 4.32. The Hall–Kier alpha value is -0.940. The van der Waals surface area contributed by atoms with Gasteiger partial charge in [0.15, 0.2) is 0 Å². The second-order valence-electron chi connectivity index (χ2n) is 3.06. The molecule has 3 nitrogen and oxygen atoms in total. The van der Waals surface area contributed by atoms with Crippen LogP contribution in [-0.2, 0) is 9.53 Å². The van der Waals surface area contributed by atoms with Crippen molar-refractivity contribution in [3.05, 3.63) is 34.1 Å². The van der Waals surface area contributed by atoms with E-state index >= 15 is 0 Å². The zero-order chi connectivity index (χ0) is 11.4. The smallest absolute Gasteiger partial charge is 0.307 e. The van der Waals surface area contributed by atoms with Gasteiger partial charge in [-0.2, -0.15) is 0 Å². The number of nitrogens with two attached hydrogens (primary N) is 1. The van der Waals surface area contributed by atoms with Crippen molar-refractivity contribution in [2.45, 2.75) is 12.5 Å². The SMILES string of the molecule is COC(=O)C[C@@H](N)c1ccc(Br)c(F)c1. The van der Waals surface area contributed by atoms with E-state index in [-0.39, 0.29) is 6.42 Å². The van der Waals surface area contributed by atoms with E-state index < -0.39 is 17.8 Å². The molecule has 2 N–H and O–H groups in total. The van der Waals surface area contributed by atoms with Gasteiger partial charge in [0.05, 0.1) is 18.0 Å². The van der Waals surface area contributed by atoms with Crippen LogP contribution >= 0.6 is 15.9 Å². The summed E-state index contributed by atoms with van der Waals surface area (Å²) in [6, 6.07) is 3.99. The summed E-state index contributed by atoms with van der Waals surface area (Å²) in [5.74, 6) is -0.807. The molecule has 82 valence electrons. The molecule has 0 saturated carbocycles. The van der Waals surface area contributed by atoms with E-state index in [0.29, 0.717) is 10.0 Å². The highest BCUT2D eigenvalue weighted by Gasteiger charge is 2.13. The average Bonchev–Trinajstić information content (AvgIpc) is 2.21. The minimum atomic E-state index is -0.542. The van der Waals surface area contributed by atoms with Crippen molar-refractivity contribution in [1.29, 1.82) is 0 Å². The van der Waals surface area contributed by atoms with Crippen molar-refractivity contribution >= 4 is 21.9 Å².